The highest BCUT2D eigenvalue weighted by atomic mass is 19.1. The molecule has 19 heavy (non-hydrogen) atoms. The molecule has 1 rings (SSSR count). The number of amides is 1. The highest BCUT2D eigenvalue weighted by Crippen LogP contribution is 2.12. The van der Waals surface area contributed by atoms with Crippen LogP contribution in [0.5, 0.6) is 5.75 Å². The molecule has 0 atom stereocenters. The molecule has 0 radical (unpaired) electrons. The van der Waals surface area contributed by atoms with Gasteiger partial charge >= 0.3 is 5.97 Å². The average molecular weight is 269 g/mol. The van der Waals surface area contributed by atoms with Crippen LogP contribution < -0.4 is 4.74 Å². The first-order chi connectivity index (χ1) is 8.99. The Kier molecular flexibility index (Phi) is 5.78. The van der Waals surface area contributed by atoms with Gasteiger partial charge in [-0.1, -0.05) is 6.07 Å². The van der Waals surface area contributed by atoms with Crippen molar-refractivity contribution in [1.29, 1.82) is 0 Å². The van der Waals surface area contributed by atoms with E-state index in [0.717, 1.165) is 0 Å². The molecule has 6 heteroatoms. The minimum absolute atomic E-state index is 0.0903. The third-order valence-corrected chi connectivity index (χ3v) is 2.47. The molecule has 0 heterocycles. The number of nitrogens with zero attached hydrogens (tertiary/aromatic N) is 1. The summed E-state index contributed by atoms with van der Waals surface area (Å²) in [6.45, 7) is 0.286. The van der Waals surface area contributed by atoms with Crippen molar-refractivity contribution in [1.82, 2.24) is 4.90 Å². The standard InChI is InChI=1S/C13H16FNO4/c1-15(7-5-13(17)18)12(16)6-8-19-11-4-2-3-10(14)9-11/h2-4,9H,5-8H2,1H3,(H,17,18). The summed E-state index contributed by atoms with van der Waals surface area (Å²) < 4.78 is 18.1. The van der Waals surface area contributed by atoms with Gasteiger partial charge < -0.3 is 14.7 Å². The van der Waals surface area contributed by atoms with Crippen LogP contribution in [0.3, 0.4) is 0 Å². The molecule has 1 aromatic carbocycles. The number of hydrogen-bond donors (Lipinski definition) is 1. The minimum atomic E-state index is -0.948. The van der Waals surface area contributed by atoms with Gasteiger partial charge in [-0.3, -0.25) is 9.59 Å². The van der Waals surface area contributed by atoms with Crippen LogP contribution in [0, 0.1) is 5.82 Å². The monoisotopic (exact) mass is 269 g/mol. The van der Waals surface area contributed by atoms with Crippen molar-refractivity contribution < 1.29 is 23.8 Å². The molecule has 0 saturated heterocycles. The molecule has 0 spiro atoms. The number of carboxylic acid groups (broad SMARTS) is 1. The van der Waals surface area contributed by atoms with Gasteiger partial charge in [-0.25, -0.2) is 4.39 Å². The van der Waals surface area contributed by atoms with Gasteiger partial charge in [-0.15, -0.1) is 0 Å². The molecule has 0 bridgehead atoms. The second kappa shape index (κ2) is 7.35. The van der Waals surface area contributed by atoms with Crippen LogP contribution in [-0.2, 0) is 9.59 Å². The summed E-state index contributed by atoms with van der Waals surface area (Å²) in [6, 6.07) is 5.66. The Bertz CT molecular complexity index is 450. The van der Waals surface area contributed by atoms with Gasteiger partial charge in [-0.05, 0) is 12.1 Å². The topological polar surface area (TPSA) is 66.8 Å². The van der Waals surface area contributed by atoms with Crippen LogP contribution >= 0.6 is 0 Å². The lowest BCUT2D eigenvalue weighted by atomic mass is 10.3. The summed E-state index contributed by atoms with van der Waals surface area (Å²) in [5.41, 5.74) is 0. The molecular formula is C13H16FNO4. The number of carbonyl (C=O) groups excluding carboxylic acids is 1. The summed E-state index contributed by atoms with van der Waals surface area (Å²) >= 11 is 0. The smallest absolute Gasteiger partial charge is 0.305 e. The fourth-order valence-corrected chi connectivity index (χ4v) is 1.39. The van der Waals surface area contributed by atoms with E-state index >= 15 is 0 Å². The Morgan fingerprint density at radius 2 is 2.11 bits per heavy atom. The van der Waals surface area contributed by atoms with Crippen molar-refractivity contribution in [3.8, 4) is 5.75 Å². The maximum absolute atomic E-state index is 12.8. The van der Waals surface area contributed by atoms with Crippen molar-refractivity contribution >= 4 is 11.9 Å². The Hall–Kier alpha value is -2.11. The molecule has 0 saturated carbocycles. The molecule has 0 fully saturated rings. The zero-order chi connectivity index (χ0) is 14.3. The van der Waals surface area contributed by atoms with Gasteiger partial charge in [0.2, 0.25) is 5.91 Å². The first kappa shape index (κ1) is 14.9. The molecule has 5 nitrogen and oxygen atoms in total. The van der Waals surface area contributed by atoms with E-state index in [-0.39, 0.29) is 31.9 Å². The Balaban J connectivity index is 2.28. The molecular weight excluding hydrogens is 253 g/mol. The highest BCUT2D eigenvalue weighted by molar-refractivity contribution is 5.76. The van der Waals surface area contributed by atoms with Crippen molar-refractivity contribution in [3.05, 3.63) is 30.1 Å². The lowest BCUT2D eigenvalue weighted by molar-refractivity contribution is -0.138. The molecule has 0 aliphatic carbocycles. The average Bonchev–Trinajstić information content (AvgIpc) is 2.35. The Morgan fingerprint density at radius 3 is 2.74 bits per heavy atom. The summed E-state index contributed by atoms with van der Waals surface area (Å²) in [5, 5.41) is 8.50. The summed E-state index contributed by atoms with van der Waals surface area (Å²) in [7, 11) is 1.54. The van der Waals surface area contributed by atoms with E-state index in [0.29, 0.717) is 5.75 Å². The van der Waals surface area contributed by atoms with E-state index in [1.165, 1.54) is 30.1 Å². The summed E-state index contributed by atoms with van der Waals surface area (Å²) in [4.78, 5) is 23.3. The predicted octanol–water partition coefficient (Wildman–Crippen LogP) is 1.53. The highest BCUT2D eigenvalue weighted by Gasteiger charge is 2.10. The molecule has 1 amide bonds. The Labute approximate surface area is 110 Å². The number of carboxylic acids is 1. The second-order valence-electron chi connectivity index (χ2n) is 4.01. The fourth-order valence-electron chi connectivity index (χ4n) is 1.39. The van der Waals surface area contributed by atoms with Crippen LogP contribution in [0.4, 0.5) is 4.39 Å². The fraction of sp³-hybridized carbons (Fsp3) is 0.385. The lowest BCUT2D eigenvalue weighted by Crippen LogP contribution is -2.30. The molecule has 104 valence electrons. The zero-order valence-electron chi connectivity index (χ0n) is 10.6. The number of carbonyl (C=O) groups is 2. The second-order valence-corrected chi connectivity index (χ2v) is 4.01. The quantitative estimate of drug-likeness (QED) is 0.815. The zero-order valence-corrected chi connectivity index (χ0v) is 10.6. The lowest BCUT2D eigenvalue weighted by Gasteiger charge is -2.16. The predicted molar refractivity (Wildman–Crippen MR) is 66.4 cm³/mol. The van der Waals surface area contributed by atoms with Crippen molar-refractivity contribution in [2.24, 2.45) is 0 Å². The number of ether oxygens (including phenoxy) is 1. The van der Waals surface area contributed by atoms with Crippen molar-refractivity contribution in [2.75, 3.05) is 20.2 Å². The van der Waals surface area contributed by atoms with E-state index in [1.54, 1.807) is 6.07 Å². The minimum Gasteiger partial charge on any atom is -0.493 e. The van der Waals surface area contributed by atoms with Gasteiger partial charge in [0.1, 0.15) is 11.6 Å². The van der Waals surface area contributed by atoms with E-state index in [4.69, 9.17) is 9.84 Å². The summed E-state index contributed by atoms with van der Waals surface area (Å²) in [5.74, 6) is -1.20. The van der Waals surface area contributed by atoms with Gasteiger partial charge in [-0.2, -0.15) is 0 Å². The van der Waals surface area contributed by atoms with Crippen LogP contribution in [0.2, 0.25) is 0 Å². The third kappa shape index (κ3) is 5.85. The van der Waals surface area contributed by atoms with Crippen LogP contribution in [0.1, 0.15) is 12.8 Å². The van der Waals surface area contributed by atoms with E-state index < -0.39 is 11.8 Å². The van der Waals surface area contributed by atoms with Crippen LogP contribution in [0.25, 0.3) is 0 Å². The molecule has 1 aromatic rings. The third-order valence-electron chi connectivity index (χ3n) is 2.47. The van der Waals surface area contributed by atoms with Gasteiger partial charge in [0.15, 0.2) is 0 Å². The number of hydrogen-bond acceptors (Lipinski definition) is 3. The first-order valence-electron chi connectivity index (χ1n) is 5.83. The number of halogens is 1. The molecule has 0 aromatic heterocycles. The molecule has 1 N–H and O–H groups in total. The van der Waals surface area contributed by atoms with Gasteiger partial charge in [0, 0.05) is 19.7 Å². The van der Waals surface area contributed by atoms with Crippen LogP contribution in [0.15, 0.2) is 24.3 Å². The molecule has 0 aliphatic rings. The van der Waals surface area contributed by atoms with E-state index in [1.807, 2.05) is 0 Å². The van der Waals surface area contributed by atoms with Crippen molar-refractivity contribution in [3.63, 3.8) is 0 Å². The van der Waals surface area contributed by atoms with Crippen molar-refractivity contribution in [2.45, 2.75) is 12.8 Å². The van der Waals surface area contributed by atoms with Crippen LogP contribution in [-0.4, -0.2) is 42.1 Å². The van der Waals surface area contributed by atoms with Gasteiger partial charge in [0.25, 0.3) is 0 Å². The van der Waals surface area contributed by atoms with E-state index in [2.05, 4.69) is 0 Å². The summed E-state index contributed by atoms with van der Waals surface area (Å²) in [6.07, 6.45) is 0.0274. The largest absolute Gasteiger partial charge is 0.493 e. The van der Waals surface area contributed by atoms with Gasteiger partial charge in [0.05, 0.1) is 19.4 Å². The SMILES string of the molecule is CN(CCC(=O)O)C(=O)CCOc1cccc(F)c1. The normalized spacial score (nSPS) is 10.0. The molecule has 0 aliphatic heterocycles. The number of aliphatic carboxylic acids is 1. The first-order valence-corrected chi connectivity index (χ1v) is 5.83. The van der Waals surface area contributed by atoms with E-state index in [9.17, 15) is 14.0 Å². The maximum atomic E-state index is 12.8. The Morgan fingerprint density at radius 1 is 1.37 bits per heavy atom. The number of benzene rings is 1. The number of rotatable bonds is 7. The molecule has 0 unspecified atom stereocenters. The maximum Gasteiger partial charge on any atom is 0.305 e.